The summed E-state index contributed by atoms with van der Waals surface area (Å²) in [5.41, 5.74) is 2.30. The van der Waals surface area contributed by atoms with Crippen molar-refractivity contribution in [3.05, 3.63) is 46.1 Å². The Hall–Kier alpha value is -1.88. The highest BCUT2D eigenvalue weighted by atomic mass is 35.5. The summed E-state index contributed by atoms with van der Waals surface area (Å²) in [7, 11) is 0. The lowest BCUT2D eigenvalue weighted by Crippen LogP contribution is -2.36. The van der Waals surface area contributed by atoms with Gasteiger partial charge in [-0.1, -0.05) is 28.9 Å². The van der Waals surface area contributed by atoms with Crippen LogP contribution in [0.5, 0.6) is 0 Å². The average molecular weight is 306 g/mol. The number of rotatable bonds is 3. The topological polar surface area (TPSA) is 59.2 Å². The lowest BCUT2D eigenvalue weighted by molar-refractivity contribution is -0.132. The molecule has 6 heteroatoms. The van der Waals surface area contributed by atoms with Crippen LogP contribution in [-0.2, 0) is 24.2 Å². The Morgan fingerprint density at radius 3 is 3.10 bits per heavy atom. The van der Waals surface area contributed by atoms with E-state index in [2.05, 4.69) is 16.2 Å². The zero-order valence-electron chi connectivity index (χ0n) is 11.8. The van der Waals surface area contributed by atoms with Crippen LogP contribution < -0.4 is 0 Å². The summed E-state index contributed by atoms with van der Waals surface area (Å²) in [5, 5.41) is 4.45. The molecule has 0 unspecified atom stereocenters. The number of carbonyl (C=O) groups excluding carboxylic acids is 1. The largest absolute Gasteiger partial charge is 0.339 e. The van der Waals surface area contributed by atoms with E-state index in [9.17, 15) is 4.79 Å². The molecule has 0 bridgehead atoms. The molecule has 1 aromatic carbocycles. The maximum absolute atomic E-state index is 12.3. The molecule has 0 aliphatic carbocycles. The maximum atomic E-state index is 12.3. The van der Waals surface area contributed by atoms with E-state index >= 15 is 0 Å². The van der Waals surface area contributed by atoms with Gasteiger partial charge in [-0.05, 0) is 30.5 Å². The second-order valence-corrected chi connectivity index (χ2v) is 5.59. The molecule has 1 aliphatic rings. The number of halogens is 1. The lowest BCUT2D eigenvalue weighted by atomic mass is 9.99. The summed E-state index contributed by atoms with van der Waals surface area (Å²) in [5.74, 6) is 1.20. The van der Waals surface area contributed by atoms with Crippen LogP contribution in [0.2, 0.25) is 5.02 Å². The lowest BCUT2D eigenvalue weighted by Gasteiger charge is -2.29. The number of amides is 1. The number of benzene rings is 1. The van der Waals surface area contributed by atoms with Crippen molar-refractivity contribution in [2.45, 2.75) is 32.7 Å². The first kappa shape index (κ1) is 14.1. The van der Waals surface area contributed by atoms with E-state index in [0.29, 0.717) is 31.1 Å². The number of fused-ring (bicyclic) bond motifs is 1. The van der Waals surface area contributed by atoms with Gasteiger partial charge < -0.3 is 9.42 Å². The van der Waals surface area contributed by atoms with Crippen LogP contribution in [0.1, 0.15) is 29.3 Å². The van der Waals surface area contributed by atoms with Gasteiger partial charge in [0.05, 0.1) is 0 Å². The third-order valence-corrected chi connectivity index (χ3v) is 4.05. The number of nitrogens with zero attached hydrogens (tertiary/aromatic N) is 3. The van der Waals surface area contributed by atoms with Crippen LogP contribution >= 0.6 is 11.6 Å². The molecule has 0 fully saturated rings. The van der Waals surface area contributed by atoms with E-state index < -0.39 is 0 Å². The minimum absolute atomic E-state index is 0.0939. The van der Waals surface area contributed by atoms with Gasteiger partial charge in [0.15, 0.2) is 5.82 Å². The Bertz CT molecular complexity index is 669. The van der Waals surface area contributed by atoms with E-state index in [4.69, 9.17) is 16.1 Å². The van der Waals surface area contributed by atoms with Gasteiger partial charge in [-0.15, -0.1) is 0 Å². The highest BCUT2D eigenvalue weighted by Crippen LogP contribution is 2.26. The van der Waals surface area contributed by atoms with Gasteiger partial charge in [-0.25, -0.2) is 0 Å². The van der Waals surface area contributed by atoms with Crippen molar-refractivity contribution >= 4 is 17.5 Å². The standard InChI is InChI=1S/C15H16ClN3O2/c1-10-17-14(21-18-10)5-6-15(20)19-8-7-11-3-2-4-13(16)12(11)9-19/h2-4H,5-9H2,1H3. The fourth-order valence-electron chi connectivity index (χ4n) is 2.57. The van der Waals surface area contributed by atoms with Crippen LogP contribution in [0.3, 0.4) is 0 Å². The predicted octanol–water partition coefficient (Wildman–Crippen LogP) is 2.55. The van der Waals surface area contributed by atoms with Crippen LogP contribution in [0.15, 0.2) is 22.7 Å². The van der Waals surface area contributed by atoms with Gasteiger partial charge in [-0.3, -0.25) is 4.79 Å². The first-order chi connectivity index (χ1) is 10.1. The Labute approximate surface area is 127 Å². The average Bonchev–Trinajstić information content (AvgIpc) is 2.90. The highest BCUT2D eigenvalue weighted by Gasteiger charge is 2.22. The van der Waals surface area contributed by atoms with Crippen LogP contribution in [-0.4, -0.2) is 27.5 Å². The molecule has 3 rings (SSSR count). The fraction of sp³-hybridized carbons (Fsp3) is 0.400. The van der Waals surface area contributed by atoms with Crippen molar-refractivity contribution in [1.29, 1.82) is 0 Å². The van der Waals surface area contributed by atoms with E-state index in [0.717, 1.165) is 23.6 Å². The molecule has 2 heterocycles. The highest BCUT2D eigenvalue weighted by molar-refractivity contribution is 6.31. The van der Waals surface area contributed by atoms with Crippen molar-refractivity contribution < 1.29 is 9.32 Å². The minimum atomic E-state index is 0.0939. The first-order valence-electron chi connectivity index (χ1n) is 6.96. The first-order valence-corrected chi connectivity index (χ1v) is 7.34. The smallest absolute Gasteiger partial charge is 0.227 e. The Kier molecular flexibility index (Phi) is 3.92. The number of hydrogen-bond acceptors (Lipinski definition) is 4. The second kappa shape index (κ2) is 5.85. The summed E-state index contributed by atoms with van der Waals surface area (Å²) < 4.78 is 5.02. The number of aryl methyl sites for hydroxylation is 2. The molecule has 0 saturated carbocycles. The molecule has 0 spiro atoms. The Morgan fingerprint density at radius 2 is 2.33 bits per heavy atom. The third kappa shape index (κ3) is 3.08. The van der Waals surface area contributed by atoms with Crippen molar-refractivity contribution in [2.24, 2.45) is 0 Å². The molecule has 1 aromatic heterocycles. The summed E-state index contributed by atoms with van der Waals surface area (Å²) in [6, 6.07) is 5.90. The van der Waals surface area contributed by atoms with E-state index in [1.807, 2.05) is 17.0 Å². The molecule has 110 valence electrons. The zero-order chi connectivity index (χ0) is 14.8. The van der Waals surface area contributed by atoms with Gasteiger partial charge in [0.2, 0.25) is 11.8 Å². The normalized spacial score (nSPS) is 14.1. The van der Waals surface area contributed by atoms with E-state index in [1.165, 1.54) is 5.56 Å². The van der Waals surface area contributed by atoms with Crippen molar-refractivity contribution in [3.8, 4) is 0 Å². The predicted molar refractivity (Wildman–Crippen MR) is 77.9 cm³/mol. The molecule has 0 atom stereocenters. The molecule has 1 amide bonds. The second-order valence-electron chi connectivity index (χ2n) is 5.18. The van der Waals surface area contributed by atoms with Gasteiger partial charge in [-0.2, -0.15) is 4.98 Å². The van der Waals surface area contributed by atoms with E-state index in [1.54, 1.807) is 6.92 Å². The van der Waals surface area contributed by atoms with Gasteiger partial charge in [0.25, 0.3) is 0 Å². The SMILES string of the molecule is Cc1noc(CCC(=O)N2CCc3cccc(Cl)c3C2)n1. The van der Waals surface area contributed by atoms with Crippen molar-refractivity contribution in [1.82, 2.24) is 15.0 Å². The summed E-state index contributed by atoms with van der Waals surface area (Å²) in [6.45, 7) is 3.07. The molecule has 2 aromatic rings. The summed E-state index contributed by atoms with van der Waals surface area (Å²) >= 11 is 6.22. The van der Waals surface area contributed by atoms with Crippen LogP contribution in [0, 0.1) is 6.92 Å². The third-order valence-electron chi connectivity index (χ3n) is 3.69. The van der Waals surface area contributed by atoms with Gasteiger partial charge >= 0.3 is 0 Å². The van der Waals surface area contributed by atoms with E-state index in [-0.39, 0.29) is 5.91 Å². The monoisotopic (exact) mass is 305 g/mol. The Morgan fingerprint density at radius 1 is 1.48 bits per heavy atom. The molecular weight excluding hydrogens is 290 g/mol. The minimum Gasteiger partial charge on any atom is -0.339 e. The Balaban J connectivity index is 1.63. The number of carbonyl (C=O) groups is 1. The quantitative estimate of drug-likeness (QED) is 0.874. The zero-order valence-corrected chi connectivity index (χ0v) is 12.6. The molecule has 0 N–H and O–H groups in total. The van der Waals surface area contributed by atoms with Crippen molar-refractivity contribution in [3.63, 3.8) is 0 Å². The van der Waals surface area contributed by atoms with Gasteiger partial charge in [0.1, 0.15) is 0 Å². The fourth-order valence-corrected chi connectivity index (χ4v) is 2.82. The molecule has 1 aliphatic heterocycles. The molecule has 0 radical (unpaired) electrons. The molecular formula is C15H16ClN3O2. The number of aromatic nitrogens is 2. The maximum Gasteiger partial charge on any atom is 0.227 e. The van der Waals surface area contributed by atoms with Crippen molar-refractivity contribution in [2.75, 3.05) is 6.54 Å². The summed E-state index contributed by atoms with van der Waals surface area (Å²) in [6.07, 6.45) is 1.70. The van der Waals surface area contributed by atoms with Crippen LogP contribution in [0.25, 0.3) is 0 Å². The van der Waals surface area contributed by atoms with Gasteiger partial charge in [0, 0.05) is 31.0 Å². The summed E-state index contributed by atoms with van der Waals surface area (Å²) in [4.78, 5) is 18.2. The molecule has 0 saturated heterocycles. The number of hydrogen-bond donors (Lipinski definition) is 0. The van der Waals surface area contributed by atoms with Crippen LogP contribution in [0.4, 0.5) is 0 Å². The molecule has 21 heavy (non-hydrogen) atoms. The molecule has 5 nitrogen and oxygen atoms in total.